The third kappa shape index (κ3) is 3.45. The number of aromatic nitrogens is 1. The van der Waals surface area contributed by atoms with Crippen molar-refractivity contribution < 1.29 is 9.21 Å². The summed E-state index contributed by atoms with van der Waals surface area (Å²) in [6.07, 6.45) is 9.22. The van der Waals surface area contributed by atoms with E-state index in [4.69, 9.17) is 4.42 Å². The molecule has 1 aliphatic carbocycles. The van der Waals surface area contributed by atoms with Crippen LogP contribution in [0.4, 0.5) is 5.88 Å². The lowest BCUT2D eigenvalue weighted by Crippen LogP contribution is -2.48. The fraction of sp³-hybridized carbons (Fsp3) is 0.471. The predicted octanol–water partition coefficient (Wildman–Crippen LogP) is 2.20. The quantitative estimate of drug-likeness (QED) is 0.629. The Morgan fingerprint density at radius 1 is 1.30 bits per heavy atom. The van der Waals surface area contributed by atoms with Crippen molar-refractivity contribution in [2.24, 2.45) is 0 Å². The number of amides is 1. The molecule has 1 aromatic heterocycles. The van der Waals surface area contributed by atoms with Gasteiger partial charge < -0.3 is 14.2 Å². The first kappa shape index (κ1) is 15.3. The van der Waals surface area contributed by atoms with Crippen molar-refractivity contribution >= 4 is 11.8 Å². The molecule has 2 aliphatic rings. The molecule has 0 unspecified atom stereocenters. The number of hydrogen-bond acceptors (Lipinski definition) is 5. The fourth-order valence-corrected chi connectivity index (χ4v) is 2.60. The summed E-state index contributed by atoms with van der Waals surface area (Å²) in [7, 11) is 0. The summed E-state index contributed by atoms with van der Waals surface area (Å²) in [5.41, 5.74) is 0.361. The Morgan fingerprint density at radius 2 is 2.04 bits per heavy atom. The molecule has 6 heteroatoms. The van der Waals surface area contributed by atoms with Gasteiger partial charge in [-0.2, -0.15) is 5.26 Å². The Hall–Kier alpha value is -2.55. The van der Waals surface area contributed by atoms with E-state index in [0.717, 1.165) is 12.8 Å². The molecule has 0 radical (unpaired) electrons. The molecule has 0 atom stereocenters. The molecule has 0 aromatic carbocycles. The van der Waals surface area contributed by atoms with Crippen molar-refractivity contribution in [3.05, 3.63) is 35.9 Å². The minimum Gasteiger partial charge on any atom is -0.423 e. The van der Waals surface area contributed by atoms with Crippen molar-refractivity contribution in [3.63, 3.8) is 0 Å². The van der Waals surface area contributed by atoms with Gasteiger partial charge in [-0.25, -0.2) is 4.98 Å². The van der Waals surface area contributed by atoms with Gasteiger partial charge in [-0.15, -0.1) is 0 Å². The van der Waals surface area contributed by atoms with E-state index in [-0.39, 0.29) is 5.91 Å². The van der Waals surface area contributed by atoms with E-state index in [9.17, 15) is 10.1 Å². The summed E-state index contributed by atoms with van der Waals surface area (Å²) in [5.74, 6) is 1.64. The highest BCUT2D eigenvalue weighted by molar-refractivity contribution is 5.88. The second-order valence-corrected chi connectivity index (χ2v) is 5.79. The Labute approximate surface area is 135 Å². The summed E-state index contributed by atoms with van der Waals surface area (Å²) < 4.78 is 5.81. The molecule has 0 spiro atoms. The highest BCUT2D eigenvalue weighted by atomic mass is 16.4. The number of carbonyl (C=O) groups is 1. The SMILES string of the molecule is C/C=C/C=C\C(=O)N1CCN(c2oc(C3CC3)nc2C#N)CC1. The highest BCUT2D eigenvalue weighted by Crippen LogP contribution is 2.41. The molecule has 1 aromatic rings. The Kier molecular flexibility index (Phi) is 4.47. The normalized spacial score (nSPS) is 18.8. The van der Waals surface area contributed by atoms with Gasteiger partial charge in [0.25, 0.3) is 0 Å². The van der Waals surface area contributed by atoms with Gasteiger partial charge in [-0.3, -0.25) is 4.79 Å². The zero-order valence-electron chi connectivity index (χ0n) is 13.2. The van der Waals surface area contributed by atoms with Crippen LogP contribution in [0.25, 0.3) is 0 Å². The third-order valence-corrected chi connectivity index (χ3v) is 4.08. The number of anilines is 1. The number of rotatable bonds is 4. The van der Waals surface area contributed by atoms with Crippen LogP contribution < -0.4 is 4.90 Å². The molecule has 2 fully saturated rings. The lowest BCUT2D eigenvalue weighted by Gasteiger charge is -2.33. The lowest BCUT2D eigenvalue weighted by molar-refractivity contribution is -0.126. The highest BCUT2D eigenvalue weighted by Gasteiger charge is 2.32. The van der Waals surface area contributed by atoms with Crippen molar-refractivity contribution in [1.82, 2.24) is 9.88 Å². The van der Waals surface area contributed by atoms with Gasteiger partial charge in [0.2, 0.25) is 23.4 Å². The first-order chi connectivity index (χ1) is 11.2. The second-order valence-electron chi connectivity index (χ2n) is 5.79. The van der Waals surface area contributed by atoms with Crippen LogP contribution >= 0.6 is 0 Å². The first-order valence-electron chi connectivity index (χ1n) is 7.97. The number of allylic oxidation sites excluding steroid dienone is 3. The maximum absolute atomic E-state index is 12.0. The predicted molar refractivity (Wildman–Crippen MR) is 85.9 cm³/mol. The standard InChI is InChI=1S/C17H20N4O2/c1-2-3-4-5-15(22)20-8-10-21(11-9-20)17-14(12-18)19-16(23-17)13-6-7-13/h2-5,13H,6-11H2,1H3/b3-2+,5-4-. The molecule has 0 N–H and O–H groups in total. The van der Waals surface area contributed by atoms with Crippen LogP contribution in [0.15, 0.2) is 28.7 Å². The number of nitriles is 1. The van der Waals surface area contributed by atoms with Gasteiger partial charge in [-0.1, -0.05) is 18.2 Å². The average molecular weight is 312 g/mol. The number of carbonyl (C=O) groups excluding carboxylic acids is 1. The van der Waals surface area contributed by atoms with Crippen LogP contribution in [0.5, 0.6) is 0 Å². The zero-order chi connectivity index (χ0) is 16.2. The van der Waals surface area contributed by atoms with E-state index in [2.05, 4.69) is 11.1 Å². The molecular formula is C17H20N4O2. The zero-order valence-corrected chi connectivity index (χ0v) is 13.2. The van der Waals surface area contributed by atoms with Crippen molar-refractivity contribution in [2.75, 3.05) is 31.1 Å². The molecule has 6 nitrogen and oxygen atoms in total. The van der Waals surface area contributed by atoms with Crippen molar-refractivity contribution in [1.29, 1.82) is 5.26 Å². The molecule has 2 heterocycles. The van der Waals surface area contributed by atoms with Crippen molar-refractivity contribution in [3.8, 4) is 6.07 Å². The molecule has 23 heavy (non-hydrogen) atoms. The topological polar surface area (TPSA) is 73.4 Å². The minimum absolute atomic E-state index is 0.0134. The molecule has 1 aliphatic heterocycles. The van der Waals surface area contributed by atoms with Crippen LogP contribution in [0.3, 0.4) is 0 Å². The molecule has 1 saturated carbocycles. The van der Waals surface area contributed by atoms with Gasteiger partial charge >= 0.3 is 0 Å². The largest absolute Gasteiger partial charge is 0.423 e. The van der Waals surface area contributed by atoms with Crippen LogP contribution in [-0.2, 0) is 4.79 Å². The summed E-state index contributed by atoms with van der Waals surface area (Å²) in [4.78, 5) is 20.2. The fourth-order valence-electron chi connectivity index (χ4n) is 2.60. The van der Waals surface area contributed by atoms with Gasteiger partial charge in [0.1, 0.15) is 6.07 Å². The smallest absolute Gasteiger partial charge is 0.246 e. The number of hydrogen-bond donors (Lipinski definition) is 0. The monoisotopic (exact) mass is 312 g/mol. The lowest BCUT2D eigenvalue weighted by atomic mass is 10.3. The van der Waals surface area contributed by atoms with E-state index in [1.807, 2.05) is 24.0 Å². The van der Waals surface area contributed by atoms with E-state index in [1.54, 1.807) is 17.1 Å². The van der Waals surface area contributed by atoms with E-state index in [1.165, 1.54) is 0 Å². The van der Waals surface area contributed by atoms with E-state index >= 15 is 0 Å². The Morgan fingerprint density at radius 3 is 2.65 bits per heavy atom. The van der Waals surface area contributed by atoms with Gasteiger partial charge in [0, 0.05) is 38.2 Å². The second kappa shape index (κ2) is 6.69. The summed E-state index contributed by atoms with van der Waals surface area (Å²) in [6, 6.07) is 2.12. The number of piperazine rings is 1. The maximum Gasteiger partial charge on any atom is 0.246 e. The number of nitrogens with zero attached hydrogens (tertiary/aromatic N) is 4. The molecule has 0 bridgehead atoms. The maximum atomic E-state index is 12.0. The summed E-state index contributed by atoms with van der Waals surface area (Å²) >= 11 is 0. The van der Waals surface area contributed by atoms with E-state index < -0.39 is 0 Å². The minimum atomic E-state index is 0.0134. The summed E-state index contributed by atoms with van der Waals surface area (Å²) in [5, 5.41) is 9.25. The van der Waals surface area contributed by atoms with Gasteiger partial charge in [0.15, 0.2) is 0 Å². The molecule has 3 rings (SSSR count). The van der Waals surface area contributed by atoms with Gasteiger partial charge in [-0.05, 0) is 19.8 Å². The van der Waals surface area contributed by atoms with E-state index in [0.29, 0.717) is 49.6 Å². The Balaban J connectivity index is 1.63. The number of oxazole rings is 1. The third-order valence-electron chi connectivity index (χ3n) is 4.08. The van der Waals surface area contributed by atoms with Crippen molar-refractivity contribution in [2.45, 2.75) is 25.7 Å². The van der Waals surface area contributed by atoms with Crippen LogP contribution in [0.1, 0.15) is 37.3 Å². The average Bonchev–Trinajstić information content (AvgIpc) is 3.34. The summed E-state index contributed by atoms with van der Waals surface area (Å²) in [6.45, 7) is 4.44. The van der Waals surface area contributed by atoms with Crippen LogP contribution in [0, 0.1) is 11.3 Å². The first-order valence-corrected chi connectivity index (χ1v) is 7.97. The Bertz CT molecular complexity index is 671. The van der Waals surface area contributed by atoms with Crippen LogP contribution in [-0.4, -0.2) is 42.0 Å². The van der Waals surface area contributed by atoms with Gasteiger partial charge in [0.05, 0.1) is 0 Å². The molecule has 1 saturated heterocycles. The van der Waals surface area contributed by atoms with Crippen LogP contribution in [0.2, 0.25) is 0 Å². The molecule has 120 valence electrons. The molecular weight excluding hydrogens is 292 g/mol. The molecule has 1 amide bonds.